The SMILES string of the molecule is C=C1[C@@H]2C[C@H](OC(C)=O)[C@H]3[C@]4(C)CC[C@H](O)C(C)(C)[C@H]4C(=O)[C@H](OC(C)=O)[C@]3(C2)[C@@H]1O. The average Bonchev–Trinajstić information content (AvgIpc) is 2.83. The summed E-state index contributed by atoms with van der Waals surface area (Å²) in [5.41, 5.74) is -1.89. The molecule has 0 aromatic rings. The second-order valence-electron chi connectivity index (χ2n) is 11.1. The monoisotopic (exact) mass is 434 g/mol. The number of hydrogen-bond donors (Lipinski definition) is 2. The average molecular weight is 435 g/mol. The molecule has 0 unspecified atom stereocenters. The molecule has 4 fully saturated rings. The molecule has 4 aliphatic rings. The highest BCUT2D eigenvalue weighted by Gasteiger charge is 2.77. The van der Waals surface area contributed by atoms with Gasteiger partial charge >= 0.3 is 11.9 Å². The van der Waals surface area contributed by atoms with E-state index in [9.17, 15) is 24.6 Å². The molecule has 4 saturated carbocycles. The van der Waals surface area contributed by atoms with Gasteiger partial charge in [-0.25, -0.2) is 0 Å². The van der Waals surface area contributed by atoms with E-state index < -0.39 is 64.4 Å². The minimum atomic E-state index is -1.17. The number of rotatable bonds is 2. The van der Waals surface area contributed by atoms with Crippen LogP contribution in [0, 0.1) is 34.0 Å². The third kappa shape index (κ3) is 2.81. The quantitative estimate of drug-likeness (QED) is 0.506. The molecule has 172 valence electrons. The topological polar surface area (TPSA) is 110 Å². The molecule has 9 atom stereocenters. The first-order chi connectivity index (χ1) is 14.3. The van der Waals surface area contributed by atoms with Crippen LogP contribution < -0.4 is 0 Å². The van der Waals surface area contributed by atoms with Gasteiger partial charge in [-0.2, -0.15) is 0 Å². The third-order valence-corrected chi connectivity index (χ3v) is 9.01. The first-order valence-corrected chi connectivity index (χ1v) is 11.2. The lowest BCUT2D eigenvalue weighted by Crippen LogP contribution is -2.73. The highest BCUT2D eigenvalue weighted by Crippen LogP contribution is 2.72. The third-order valence-electron chi connectivity index (χ3n) is 9.01. The van der Waals surface area contributed by atoms with Crippen LogP contribution in [-0.2, 0) is 23.9 Å². The molecule has 1 spiro atoms. The Balaban J connectivity index is 1.97. The van der Waals surface area contributed by atoms with E-state index in [0.717, 1.165) is 0 Å². The zero-order valence-corrected chi connectivity index (χ0v) is 19.0. The zero-order valence-electron chi connectivity index (χ0n) is 19.0. The fourth-order valence-electron chi connectivity index (χ4n) is 8.10. The Morgan fingerprint density at radius 1 is 1.10 bits per heavy atom. The van der Waals surface area contributed by atoms with Gasteiger partial charge in [0, 0.05) is 31.1 Å². The van der Waals surface area contributed by atoms with Crippen LogP contribution in [0.15, 0.2) is 12.2 Å². The summed E-state index contributed by atoms with van der Waals surface area (Å²) in [6.07, 6.45) is -1.39. The van der Waals surface area contributed by atoms with E-state index in [0.29, 0.717) is 31.3 Å². The lowest BCUT2D eigenvalue weighted by Gasteiger charge is -2.66. The van der Waals surface area contributed by atoms with Gasteiger partial charge < -0.3 is 19.7 Å². The number of hydrogen-bond acceptors (Lipinski definition) is 7. The molecule has 31 heavy (non-hydrogen) atoms. The predicted molar refractivity (Wildman–Crippen MR) is 111 cm³/mol. The zero-order chi connectivity index (χ0) is 23.1. The standard InChI is InChI=1S/C24H34O7/c1-11-14-9-15(30-12(2)25)18-23(6)8-7-16(27)22(4,5)19(23)17(28)21(31-13(3)26)24(18,10-14)20(11)29/h14-16,18-21,27,29H,1,7-10H2,2-6H3/t14-,15+,16+,18+,19-,20-,21+,23+,24+/m1/s1. The predicted octanol–water partition coefficient (Wildman–Crippen LogP) is 2.18. The first kappa shape index (κ1) is 22.5. The summed E-state index contributed by atoms with van der Waals surface area (Å²) in [7, 11) is 0. The number of ether oxygens (including phenoxy) is 2. The molecular weight excluding hydrogens is 400 g/mol. The lowest BCUT2D eigenvalue weighted by molar-refractivity contribution is -0.251. The van der Waals surface area contributed by atoms with Crippen LogP contribution in [0.4, 0.5) is 0 Å². The number of fused-ring (bicyclic) bond motifs is 3. The summed E-state index contributed by atoms with van der Waals surface area (Å²) < 4.78 is 11.5. The number of aliphatic hydroxyl groups excluding tert-OH is 2. The summed E-state index contributed by atoms with van der Waals surface area (Å²) in [6.45, 7) is 12.5. The maximum absolute atomic E-state index is 14.0. The van der Waals surface area contributed by atoms with Crippen molar-refractivity contribution in [3.63, 3.8) is 0 Å². The van der Waals surface area contributed by atoms with Gasteiger partial charge in [-0.15, -0.1) is 0 Å². The van der Waals surface area contributed by atoms with Gasteiger partial charge in [-0.1, -0.05) is 27.4 Å². The Hall–Kier alpha value is -1.73. The van der Waals surface area contributed by atoms with Crippen molar-refractivity contribution in [2.24, 2.45) is 34.0 Å². The number of Topliss-reactive ketones (excluding diaryl/α,β-unsaturated/α-hetero) is 1. The summed E-state index contributed by atoms with van der Waals surface area (Å²) in [4.78, 5) is 38.2. The Morgan fingerprint density at radius 3 is 2.29 bits per heavy atom. The molecule has 0 radical (unpaired) electrons. The summed E-state index contributed by atoms with van der Waals surface area (Å²) in [5.74, 6) is -2.41. The van der Waals surface area contributed by atoms with Crippen molar-refractivity contribution in [2.45, 2.75) is 84.7 Å². The number of ketones is 1. The van der Waals surface area contributed by atoms with Crippen molar-refractivity contribution in [3.05, 3.63) is 12.2 Å². The van der Waals surface area contributed by atoms with Crippen molar-refractivity contribution >= 4 is 17.7 Å². The van der Waals surface area contributed by atoms with Crippen LogP contribution in [0.3, 0.4) is 0 Å². The number of carbonyl (C=O) groups is 3. The van der Waals surface area contributed by atoms with Crippen molar-refractivity contribution in [1.82, 2.24) is 0 Å². The molecule has 7 nitrogen and oxygen atoms in total. The van der Waals surface area contributed by atoms with Crippen molar-refractivity contribution in [3.8, 4) is 0 Å². The maximum Gasteiger partial charge on any atom is 0.303 e. The Morgan fingerprint density at radius 2 is 1.71 bits per heavy atom. The van der Waals surface area contributed by atoms with Crippen molar-refractivity contribution < 1.29 is 34.1 Å². The first-order valence-electron chi connectivity index (χ1n) is 11.2. The fraction of sp³-hybridized carbons (Fsp3) is 0.792. The summed E-state index contributed by atoms with van der Waals surface area (Å²) >= 11 is 0. The molecule has 0 heterocycles. The molecule has 0 amide bonds. The Kier molecular flexibility index (Phi) is 4.99. The molecule has 7 heteroatoms. The van der Waals surface area contributed by atoms with Gasteiger partial charge in [0.05, 0.1) is 17.6 Å². The van der Waals surface area contributed by atoms with Crippen LogP contribution in [0.1, 0.15) is 60.3 Å². The summed E-state index contributed by atoms with van der Waals surface area (Å²) in [6, 6.07) is 0. The Labute approximate surface area is 183 Å². The smallest absolute Gasteiger partial charge is 0.303 e. The van der Waals surface area contributed by atoms with Crippen molar-refractivity contribution in [2.75, 3.05) is 0 Å². The largest absolute Gasteiger partial charge is 0.462 e. The normalized spacial score (nSPS) is 47.9. The van der Waals surface area contributed by atoms with Crippen LogP contribution >= 0.6 is 0 Å². The fourth-order valence-corrected chi connectivity index (χ4v) is 8.10. The minimum Gasteiger partial charge on any atom is -0.462 e. The van der Waals surface area contributed by atoms with Crippen LogP contribution in [0.25, 0.3) is 0 Å². The molecule has 2 N–H and O–H groups in total. The molecule has 0 aromatic heterocycles. The van der Waals surface area contributed by atoms with Crippen molar-refractivity contribution in [1.29, 1.82) is 0 Å². The molecule has 2 bridgehead atoms. The highest BCUT2D eigenvalue weighted by molar-refractivity contribution is 5.91. The summed E-state index contributed by atoms with van der Waals surface area (Å²) in [5, 5.41) is 22.3. The second-order valence-corrected chi connectivity index (χ2v) is 11.1. The van der Waals surface area contributed by atoms with E-state index in [2.05, 4.69) is 6.58 Å². The highest BCUT2D eigenvalue weighted by atomic mass is 16.6. The van der Waals surface area contributed by atoms with E-state index in [1.807, 2.05) is 20.8 Å². The number of esters is 2. The van der Waals surface area contributed by atoms with E-state index in [1.54, 1.807) is 0 Å². The number of aliphatic hydroxyl groups is 2. The maximum atomic E-state index is 14.0. The van der Waals surface area contributed by atoms with E-state index in [-0.39, 0.29) is 11.7 Å². The van der Waals surface area contributed by atoms with Gasteiger partial charge in [-0.05, 0) is 42.6 Å². The minimum absolute atomic E-state index is 0.121. The van der Waals surface area contributed by atoms with Gasteiger partial charge in [-0.3, -0.25) is 14.4 Å². The molecule has 4 rings (SSSR count). The molecule has 0 aliphatic heterocycles. The van der Waals surface area contributed by atoms with Crippen LogP contribution in [-0.4, -0.2) is 52.4 Å². The molecular formula is C24H34O7. The Bertz CT molecular complexity index is 847. The molecule has 4 aliphatic carbocycles. The van der Waals surface area contributed by atoms with E-state index in [1.165, 1.54) is 13.8 Å². The van der Waals surface area contributed by atoms with Gasteiger partial charge in [0.25, 0.3) is 0 Å². The number of carbonyl (C=O) groups excluding carboxylic acids is 3. The van der Waals surface area contributed by atoms with E-state index >= 15 is 0 Å². The molecule has 0 saturated heterocycles. The van der Waals surface area contributed by atoms with Gasteiger partial charge in [0.1, 0.15) is 6.10 Å². The van der Waals surface area contributed by atoms with Gasteiger partial charge in [0.2, 0.25) is 0 Å². The molecule has 0 aromatic carbocycles. The van der Waals surface area contributed by atoms with Gasteiger partial charge in [0.15, 0.2) is 11.9 Å². The second kappa shape index (κ2) is 6.88. The van der Waals surface area contributed by atoms with Crippen LogP contribution in [0.5, 0.6) is 0 Å². The van der Waals surface area contributed by atoms with Crippen LogP contribution in [0.2, 0.25) is 0 Å². The van der Waals surface area contributed by atoms with E-state index in [4.69, 9.17) is 9.47 Å². The lowest BCUT2D eigenvalue weighted by atomic mass is 9.39.